The number of hydrogen-bond acceptors (Lipinski definition) is 2. The van der Waals surface area contributed by atoms with Crippen molar-refractivity contribution in [2.45, 2.75) is 12.2 Å². The highest BCUT2D eigenvalue weighted by molar-refractivity contribution is 7.52. The van der Waals surface area contributed by atoms with E-state index in [9.17, 15) is 4.57 Å². The van der Waals surface area contributed by atoms with Crippen LogP contribution >= 0.6 is 20.0 Å². The van der Waals surface area contributed by atoms with Gasteiger partial charge < -0.3 is 15.5 Å². The monoisotopic (exact) mass is 237 g/mol. The minimum atomic E-state index is -4.14. The zero-order chi connectivity index (χ0) is 9.90. The first-order valence-electron chi connectivity index (χ1n) is 3.85. The van der Waals surface area contributed by atoms with Gasteiger partial charge in [-0.3, -0.25) is 4.57 Å². The molecule has 4 nitrogen and oxygen atoms in total. The van der Waals surface area contributed by atoms with Gasteiger partial charge in [-0.05, 0) is 12.0 Å². The van der Waals surface area contributed by atoms with Crippen LogP contribution in [0.2, 0.25) is 0 Å². The topological polar surface area (TPSA) is 83.6 Å². The Balaban J connectivity index is 0.00000169. The molecule has 0 fully saturated rings. The molecule has 1 atom stereocenters. The van der Waals surface area contributed by atoms with Crippen LogP contribution in [-0.4, -0.2) is 15.6 Å². The van der Waals surface area contributed by atoms with E-state index >= 15 is 0 Å². The first-order chi connectivity index (χ1) is 6.00. The maximum absolute atomic E-state index is 10.7. The predicted molar refractivity (Wildman–Crippen MR) is 57.4 cm³/mol. The van der Waals surface area contributed by atoms with Crippen molar-refractivity contribution >= 4 is 20.0 Å². The second-order valence-corrected chi connectivity index (χ2v) is 4.69. The third-order valence-electron chi connectivity index (χ3n) is 1.72. The van der Waals surface area contributed by atoms with E-state index in [-0.39, 0.29) is 18.8 Å². The molecule has 0 aromatic heterocycles. The standard InChI is InChI=1S/C8H12NO3P.ClH/c9-8(13(10,11)12)6-7-4-2-1-3-5-7;/h1-5,8H,6,9H2,(H2,10,11,12);1H. The van der Waals surface area contributed by atoms with Crippen molar-refractivity contribution in [3.63, 3.8) is 0 Å². The van der Waals surface area contributed by atoms with Crippen molar-refractivity contribution in [1.82, 2.24) is 0 Å². The summed E-state index contributed by atoms with van der Waals surface area (Å²) in [6.45, 7) is 0. The minimum absolute atomic E-state index is 0. The fourth-order valence-electron chi connectivity index (χ4n) is 0.975. The number of rotatable bonds is 3. The van der Waals surface area contributed by atoms with Gasteiger partial charge >= 0.3 is 7.60 Å². The van der Waals surface area contributed by atoms with Crippen molar-refractivity contribution in [1.29, 1.82) is 0 Å². The largest absolute Gasteiger partial charge is 0.342 e. The molecular weight excluding hydrogens is 225 g/mol. The van der Waals surface area contributed by atoms with Crippen molar-refractivity contribution < 1.29 is 14.4 Å². The van der Waals surface area contributed by atoms with Crippen LogP contribution in [-0.2, 0) is 11.0 Å². The lowest BCUT2D eigenvalue weighted by Gasteiger charge is -2.12. The summed E-state index contributed by atoms with van der Waals surface area (Å²) in [6.07, 6.45) is 0.200. The SMILES string of the molecule is Cl.NC(Cc1ccccc1)P(=O)(O)O. The first kappa shape index (κ1) is 13.6. The van der Waals surface area contributed by atoms with Gasteiger partial charge in [0.2, 0.25) is 0 Å². The molecule has 1 rings (SSSR count). The Morgan fingerprint density at radius 2 is 1.79 bits per heavy atom. The summed E-state index contributed by atoms with van der Waals surface area (Å²) in [6, 6.07) is 9.03. The summed E-state index contributed by atoms with van der Waals surface area (Å²) in [5, 5.41) is 0. The van der Waals surface area contributed by atoms with Gasteiger partial charge in [0.25, 0.3) is 0 Å². The van der Waals surface area contributed by atoms with Crippen LogP contribution in [0.15, 0.2) is 30.3 Å². The molecule has 0 saturated heterocycles. The lowest BCUT2D eigenvalue weighted by atomic mass is 10.2. The molecule has 0 heterocycles. The Hall–Kier alpha value is -0.380. The quantitative estimate of drug-likeness (QED) is 0.688. The van der Waals surface area contributed by atoms with Crippen LogP contribution in [0.1, 0.15) is 5.56 Å². The van der Waals surface area contributed by atoms with Crippen molar-refractivity contribution in [2.75, 3.05) is 0 Å². The van der Waals surface area contributed by atoms with E-state index in [0.29, 0.717) is 0 Å². The summed E-state index contributed by atoms with van der Waals surface area (Å²) < 4.78 is 10.7. The van der Waals surface area contributed by atoms with Gasteiger partial charge in [0.15, 0.2) is 0 Å². The third-order valence-corrected chi connectivity index (χ3v) is 2.77. The highest BCUT2D eigenvalue weighted by Gasteiger charge is 2.24. The number of halogens is 1. The molecule has 0 aliphatic carbocycles. The van der Waals surface area contributed by atoms with Crippen LogP contribution in [0.25, 0.3) is 0 Å². The van der Waals surface area contributed by atoms with E-state index in [1.807, 2.05) is 18.2 Å². The van der Waals surface area contributed by atoms with Crippen molar-refractivity contribution in [2.24, 2.45) is 5.73 Å². The zero-order valence-corrected chi connectivity index (χ0v) is 9.12. The van der Waals surface area contributed by atoms with Crippen LogP contribution in [0.3, 0.4) is 0 Å². The second kappa shape index (κ2) is 5.49. The average molecular weight is 238 g/mol. The minimum Gasteiger partial charge on any atom is -0.323 e. The lowest BCUT2D eigenvalue weighted by Crippen LogP contribution is -2.22. The fraction of sp³-hybridized carbons (Fsp3) is 0.250. The van der Waals surface area contributed by atoms with Gasteiger partial charge in [0.05, 0.1) is 0 Å². The number of benzene rings is 1. The Morgan fingerprint density at radius 1 is 1.29 bits per heavy atom. The molecule has 0 saturated carbocycles. The molecule has 0 radical (unpaired) electrons. The van der Waals surface area contributed by atoms with E-state index in [2.05, 4.69) is 0 Å². The average Bonchev–Trinajstić information content (AvgIpc) is 2.04. The molecule has 0 spiro atoms. The van der Waals surface area contributed by atoms with Gasteiger partial charge in [-0.25, -0.2) is 0 Å². The molecular formula is C8H13ClNO3P. The maximum atomic E-state index is 10.7. The highest BCUT2D eigenvalue weighted by atomic mass is 35.5. The molecule has 1 unspecified atom stereocenters. The highest BCUT2D eigenvalue weighted by Crippen LogP contribution is 2.39. The lowest BCUT2D eigenvalue weighted by molar-refractivity contribution is 0.358. The Labute approximate surface area is 88.7 Å². The molecule has 14 heavy (non-hydrogen) atoms. The maximum Gasteiger partial charge on any atom is 0.342 e. The van der Waals surface area contributed by atoms with E-state index in [0.717, 1.165) is 5.56 Å². The molecule has 0 amide bonds. The van der Waals surface area contributed by atoms with Crippen LogP contribution in [0.4, 0.5) is 0 Å². The molecule has 4 N–H and O–H groups in total. The van der Waals surface area contributed by atoms with Gasteiger partial charge in [0, 0.05) is 0 Å². The molecule has 1 aromatic carbocycles. The van der Waals surface area contributed by atoms with Gasteiger partial charge in [-0.15, -0.1) is 12.4 Å². The van der Waals surface area contributed by atoms with Gasteiger partial charge in [0.1, 0.15) is 5.78 Å². The molecule has 6 heteroatoms. The van der Waals surface area contributed by atoms with E-state index in [1.54, 1.807) is 12.1 Å². The zero-order valence-electron chi connectivity index (χ0n) is 7.41. The molecule has 0 aliphatic rings. The van der Waals surface area contributed by atoms with Crippen LogP contribution < -0.4 is 5.73 Å². The Bertz CT molecular complexity index is 314. The summed E-state index contributed by atoms with van der Waals surface area (Å²) >= 11 is 0. The molecule has 1 aromatic rings. The third kappa shape index (κ3) is 4.22. The van der Waals surface area contributed by atoms with Gasteiger partial charge in [-0.1, -0.05) is 30.3 Å². The molecule has 0 bridgehead atoms. The van der Waals surface area contributed by atoms with Crippen LogP contribution in [0, 0.1) is 0 Å². The van der Waals surface area contributed by atoms with Crippen LogP contribution in [0.5, 0.6) is 0 Å². The second-order valence-electron chi connectivity index (χ2n) is 2.85. The number of nitrogens with two attached hydrogens (primary N) is 1. The first-order valence-corrected chi connectivity index (χ1v) is 5.53. The van der Waals surface area contributed by atoms with E-state index < -0.39 is 13.4 Å². The summed E-state index contributed by atoms with van der Waals surface area (Å²) in [5.74, 6) is -1.10. The fourth-order valence-corrected chi connectivity index (χ4v) is 1.42. The summed E-state index contributed by atoms with van der Waals surface area (Å²) in [4.78, 5) is 17.5. The Morgan fingerprint density at radius 3 is 2.21 bits per heavy atom. The summed E-state index contributed by atoms with van der Waals surface area (Å²) in [7, 11) is -4.14. The van der Waals surface area contributed by atoms with E-state index in [4.69, 9.17) is 15.5 Å². The normalized spacial score (nSPS) is 13.1. The number of hydrogen-bond donors (Lipinski definition) is 3. The smallest absolute Gasteiger partial charge is 0.323 e. The molecule has 0 aliphatic heterocycles. The van der Waals surface area contributed by atoms with E-state index in [1.165, 1.54) is 0 Å². The van der Waals surface area contributed by atoms with Gasteiger partial charge in [-0.2, -0.15) is 0 Å². The van der Waals surface area contributed by atoms with Crippen molar-refractivity contribution in [3.8, 4) is 0 Å². The molecule has 80 valence electrons. The predicted octanol–water partition coefficient (Wildman–Crippen LogP) is 1.11. The summed E-state index contributed by atoms with van der Waals surface area (Å²) in [5.41, 5.74) is 6.15. The Kier molecular flexibility index (Phi) is 5.34. The van der Waals surface area contributed by atoms with Crippen molar-refractivity contribution in [3.05, 3.63) is 35.9 Å².